The molecule has 19 heavy (non-hydrogen) atoms. The molecule has 2 nitrogen and oxygen atoms in total. The Kier molecular flexibility index (Phi) is 4.91. The van der Waals surface area contributed by atoms with Gasteiger partial charge < -0.3 is 10.6 Å². The summed E-state index contributed by atoms with van der Waals surface area (Å²) in [4.78, 5) is 2.53. The fourth-order valence-corrected chi connectivity index (χ4v) is 3.77. The molecule has 0 unspecified atom stereocenters. The average Bonchev–Trinajstić information content (AvgIpc) is 2.84. The van der Waals surface area contributed by atoms with Gasteiger partial charge in [-0.05, 0) is 71.3 Å². The molecule has 1 heterocycles. The van der Waals surface area contributed by atoms with Crippen molar-refractivity contribution in [3.05, 3.63) is 28.2 Å². The van der Waals surface area contributed by atoms with Gasteiger partial charge in [0.2, 0.25) is 0 Å². The van der Waals surface area contributed by atoms with E-state index < -0.39 is 0 Å². The Morgan fingerprint density at radius 1 is 1.32 bits per heavy atom. The first kappa shape index (κ1) is 14.9. The van der Waals surface area contributed by atoms with Crippen molar-refractivity contribution in [3.63, 3.8) is 0 Å². The van der Waals surface area contributed by atoms with Crippen molar-refractivity contribution in [2.45, 2.75) is 39.5 Å². The molecule has 0 saturated carbocycles. The molecule has 0 radical (unpaired) electrons. The highest BCUT2D eigenvalue weighted by molar-refractivity contribution is 9.10. The molecule has 2 rings (SSSR count). The maximum Gasteiger partial charge on any atom is 0.0511 e. The Bertz CT molecular complexity index is 427. The lowest BCUT2D eigenvalue weighted by Gasteiger charge is -2.27. The van der Waals surface area contributed by atoms with Crippen LogP contribution in [0.5, 0.6) is 0 Å². The first-order chi connectivity index (χ1) is 9.14. The molecule has 0 atom stereocenters. The smallest absolute Gasteiger partial charge is 0.0511 e. The van der Waals surface area contributed by atoms with Crippen LogP contribution in [0.15, 0.2) is 22.7 Å². The molecule has 0 aliphatic carbocycles. The van der Waals surface area contributed by atoms with Crippen LogP contribution in [-0.4, -0.2) is 19.6 Å². The summed E-state index contributed by atoms with van der Waals surface area (Å²) >= 11 is 3.73. The summed E-state index contributed by atoms with van der Waals surface area (Å²) in [7, 11) is 0. The number of hydrogen-bond acceptors (Lipinski definition) is 2. The van der Waals surface area contributed by atoms with Crippen LogP contribution in [0.3, 0.4) is 0 Å². The third-order valence-corrected chi connectivity index (χ3v) is 5.36. The van der Waals surface area contributed by atoms with E-state index in [1.165, 1.54) is 48.1 Å². The molecular formula is C16H25BrN2. The van der Waals surface area contributed by atoms with Crippen LogP contribution in [0.4, 0.5) is 5.69 Å². The summed E-state index contributed by atoms with van der Waals surface area (Å²) in [5.41, 5.74) is 8.79. The fraction of sp³-hybridized carbons (Fsp3) is 0.625. The van der Waals surface area contributed by atoms with E-state index in [2.05, 4.69) is 52.9 Å². The average molecular weight is 325 g/mol. The molecule has 3 heteroatoms. The van der Waals surface area contributed by atoms with Crippen LogP contribution in [0.2, 0.25) is 0 Å². The Balaban J connectivity index is 2.15. The Morgan fingerprint density at radius 3 is 2.58 bits per heavy atom. The van der Waals surface area contributed by atoms with Crippen LogP contribution >= 0.6 is 15.9 Å². The number of rotatable bonds is 5. The molecule has 1 aliphatic heterocycles. The lowest BCUT2D eigenvalue weighted by molar-refractivity contribution is 0.301. The van der Waals surface area contributed by atoms with Gasteiger partial charge in [0, 0.05) is 17.6 Å². The minimum atomic E-state index is 0.523. The van der Waals surface area contributed by atoms with E-state index in [1.54, 1.807) is 0 Å². The van der Waals surface area contributed by atoms with E-state index in [9.17, 15) is 0 Å². The highest BCUT2D eigenvalue weighted by Crippen LogP contribution is 2.41. The van der Waals surface area contributed by atoms with Gasteiger partial charge in [0.25, 0.3) is 0 Å². The van der Waals surface area contributed by atoms with Gasteiger partial charge in [-0.25, -0.2) is 0 Å². The molecule has 1 fully saturated rings. The number of anilines is 1. The lowest BCUT2D eigenvalue weighted by Crippen LogP contribution is -2.26. The summed E-state index contributed by atoms with van der Waals surface area (Å²) in [6.07, 6.45) is 4.83. The second-order valence-corrected chi connectivity index (χ2v) is 6.56. The van der Waals surface area contributed by atoms with Crippen LogP contribution in [0, 0.1) is 5.41 Å². The standard InChI is InChI=1S/C16H25BrN2/c1-3-16(4-2)8-10-19(12-16)15-6-5-13(7-9-18)11-14(15)17/h5-6,11H,3-4,7-10,12,18H2,1-2H3. The van der Waals surface area contributed by atoms with Gasteiger partial charge in [-0.2, -0.15) is 0 Å². The SMILES string of the molecule is CCC1(CC)CCN(c2ccc(CCN)cc2Br)C1. The molecule has 2 N–H and O–H groups in total. The molecular weight excluding hydrogens is 300 g/mol. The summed E-state index contributed by atoms with van der Waals surface area (Å²) in [5, 5.41) is 0. The van der Waals surface area contributed by atoms with Crippen LogP contribution in [0.25, 0.3) is 0 Å². The van der Waals surface area contributed by atoms with E-state index in [0.29, 0.717) is 12.0 Å². The predicted molar refractivity (Wildman–Crippen MR) is 86.7 cm³/mol. The van der Waals surface area contributed by atoms with Crippen molar-refractivity contribution in [2.24, 2.45) is 11.1 Å². The van der Waals surface area contributed by atoms with Gasteiger partial charge in [-0.15, -0.1) is 0 Å². The summed E-state index contributed by atoms with van der Waals surface area (Å²) in [6.45, 7) is 7.73. The van der Waals surface area contributed by atoms with Crippen LogP contribution in [0.1, 0.15) is 38.7 Å². The van der Waals surface area contributed by atoms with Gasteiger partial charge in [-0.3, -0.25) is 0 Å². The highest BCUT2D eigenvalue weighted by atomic mass is 79.9. The highest BCUT2D eigenvalue weighted by Gasteiger charge is 2.35. The quantitative estimate of drug-likeness (QED) is 0.888. The maximum absolute atomic E-state index is 5.62. The van der Waals surface area contributed by atoms with Gasteiger partial charge in [-0.1, -0.05) is 19.9 Å². The first-order valence-electron chi connectivity index (χ1n) is 7.37. The lowest BCUT2D eigenvalue weighted by atomic mass is 9.82. The van der Waals surface area contributed by atoms with E-state index in [1.807, 2.05) is 0 Å². The van der Waals surface area contributed by atoms with Gasteiger partial charge in [0.15, 0.2) is 0 Å². The number of hydrogen-bond donors (Lipinski definition) is 1. The van der Waals surface area contributed by atoms with Crippen LogP contribution in [-0.2, 0) is 6.42 Å². The third-order valence-electron chi connectivity index (χ3n) is 4.72. The van der Waals surface area contributed by atoms with E-state index >= 15 is 0 Å². The molecule has 1 aromatic rings. The van der Waals surface area contributed by atoms with Crippen molar-refractivity contribution in [3.8, 4) is 0 Å². The van der Waals surface area contributed by atoms with Crippen molar-refractivity contribution in [1.82, 2.24) is 0 Å². The summed E-state index contributed by atoms with van der Waals surface area (Å²) in [6, 6.07) is 6.68. The second-order valence-electron chi connectivity index (χ2n) is 5.70. The minimum Gasteiger partial charge on any atom is -0.370 e. The second kappa shape index (κ2) is 6.27. The third kappa shape index (κ3) is 3.14. The molecule has 1 saturated heterocycles. The number of nitrogens with two attached hydrogens (primary N) is 1. The molecule has 0 aromatic heterocycles. The Hall–Kier alpha value is -0.540. The number of halogens is 1. The predicted octanol–water partition coefficient (Wildman–Crippen LogP) is 3.97. The maximum atomic E-state index is 5.62. The molecule has 0 amide bonds. The zero-order valence-electron chi connectivity index (χ0n) is 12.1. The molecule has 0 bridgehead atoms. The fourth-order valence-electron chi connectivity index (χ4n) is 3.10. The zero-order chi connectivity index (χ0) is 13.9. The monoisotopic (exact) mass is 324 g/mol. The van der Waals surface area contributed by atoms with E-state index in [4.69, 9.17) is 5.73 Å². The molecule has 1 aromatic carbocycles. The topological polar surface area (TPSA) is 29.3 Å². The minimum absolute atomic E-state index is 0.523. The summed E-state index contributed by atoms with van der Waals surface area (Å²) < 4.78 is 1.21. The largest absolute Gasteiger partial charge is 0.370 e. The first-order valence-corrected chi connectivity index (χ1v) is 8.17. The van der Waals surface area contributed by atoms with Crippen molar-refractivity contribution in [2.75, 3.05) is 24.5 Å². The molecule has 106 valence electrons. The number of nitrogens with zero attached hydrogens (tertiary/aromatic N) is 1. The molecule has 0 spiro atoms. The number of benzene rings is 1. The Labute approximate surface area is 125 Å². The van der Waals surface area contributed by atoms with Crippen molar-refractivity contribution < 1.29 is 0 Å². The van der Waals surface area contributed by atoms with E-state index in [-0.39, 0.29) is 0 Å². The van der Waals surface area contributed by atoms with Gasteiger partial charge in [0.1, 0.15) is 0 Å². The van der Waals surface area contributed by atoms with Gasteiger partial charge in [0.05, 0.1) is 5.69 Å². The Morgan fingerprint density at radius 2 is 2.05 bits per heavy atom. The van der Waals surface area contributed by atoms with Crippen molar-refractivity contribution in [1.29, 1.82) is 0 Å². The van der Waals surface area contributed by atoms with Crippen LogP contribution < -0.4 is 10.6 Å². The summed E-state index contributed by atoms with van der Waals surface area (Å²) in [5.74, 6) is 0. The zero-order valence-corrected chi connectivity index (χ0v) is 13.7. The van der Waals surface area contributed by atoms with Crippen molar-refractivity contribution >= 4 is 21.6 Å². The normalized spacial score (nSPS) is 18.0. The van der Waals surface area contributed by atoms with E-state index in [0.717, 1.165) is 6.42 Å². The molecule has 1 aliphatic rings. The van der Waals surface area contributed by atoms with Gasteiger partial charge >= 0.3 is 0 Å².